The van der Waals surface area contributed by atoms with E-state index in [0.29, 0.717) is 42.1 Å². The Bertz CT molecular complexity index is 1080. The highest BCUT2D eigenvalue weighted by atomic mass is 35.5. The van der Waals surface area contributed by atoms with Crippen LogP contribution in [0.5, 0.6) is 0 Å². The van der Waals surface area contributed by atoms with Crippen molar-refractivity contribution in [3.8, 4) is 0 Å². The summed E-state index contributed by atoms with van der Waals surface area (Å²) < 4.78 is 5.15. The van der Waals surface area contributed by atoms with Crippen LogP contribution in [0.4, 0.5) is 0 Å². The van der Waals surface area contributed by atoms with Gasteiger partial charge in [-0.15, -0.1) is 0 Å². The van der Waals surface area contributed by atoms with Gasteiger partial charge in [-0.2, -0.15) is 0 Å². The predicted molar refractivity (Wildman–Crippen MR) is 109 cm³/mol. The van der Waals surface area contributed by atoms with Crippen LogP contribution in [0.2, 0.25) is 5.02 Å². The third-order valence-electron chi connectivity index (χ3n) is 5.91. The lowest BCUT2D eigenvalue weighted by Crippen LogP contribution is -2.68. The fraction of sp³-hybridized carbons (Fsp3) is 0.217. The van der Waals surface area contributed by atoms with Gasteiger partial charge in [0.15, 0.2) is 0 Å². The molecule has 1 unspecified atom stereocenters. The van der Waals surface area contributed by atoms with Gasteiger partial charge in [0.05, 0.1) is 11.8 Å². The lowest BCUT2D eigenvalue weighted by Gasteiger charge is -2.56. The van der Waals surface area contributed by atoms with Crippen molar-refractivity contribution in [3.05, 3.63) is 94.4 Å². The first kappa shape index (κ1) is 18.0. The fourth-order valence-electron chi connectivity index (χ4n) is 4.60. The maximum absolute atomic E-state index is 13.5. The third-order valence-corrected chi connectivity index (χ3v) is 6.16. The van der Waals surface area contributed by atoms with Gasteiger partial charge in [0.2, 0.25) is 0 Å². The van der Waals surface area contributed by atoms with Crippen LogP contribution in [0.3, 0.4) is 0 Å². The number of fused-ring (bicyclic) bond motifs is 2. The first-order valence-electron chi connectivity index (χ1n) is 9.61. The van der Waals surface area contributed by atoms with E-state index in [0.717, 1.165) is 11.1 Å². The number of amides is 2. The van der Waals surface area contributed by atoms with Gasteiger partial charge in [-0.05, 0) is 41.8 Å². The largest absolute Gasteiger partial charge is 0.472 e. The Labute approximate surface area is 173 Å². The lowest BCUT2D eigenvalue weighted by atomic mass is 9.80. The molecule has 0 radical (unpaired) electrons. The number of furan rings is 1. The second kappa shape index (κ2) is 6.78. The summed E-state index contributed by atoms with van der Waals surface area (Å²) in [5.74, 6) is -0.197. The van der Waals surface area contributed by atoms with E-state index in [1.807, 2.05) is 58.3 Å². The Kier molecular flexibility index (Phi) is 4.21. The van der Waals surface area contributed by atoms with Gasteiger partial charge in [0.1, 0.15) is 11.9 Å². The Hall–Kier alpha value is -3.05. The van der Waals surface area contributed by atoms with Gasteiger partial charge in [0.25, 0.3) is 11.8 Å². The average molecular weight is 407 g/mol. The van der Waals surface area contributed by atoms with Gasteiger partial charge in [-0.25, -0.2) is 0 Å². The molecule has 0 N–H and O–H groups in total. The van der Waals surface area contributed by atoms with Gasteiger partial charge < -0.3 is 14.2 Å². The van der Waals surface area contributed by atoms with Crippen molar-refractivity contribution in [3.63, 3.8) is 0 Å². The van der Waals surface area contributed by atoms with E-state index in [9.17, 15) is 9.59 Å². The normalized spacial score (nSPS) is 20.9. The molecule has 1 saturated heterocycles. The van der Waals surface area contributed by atoms with Crippen LogP contribution in [-0.2, 0) is 12.1 Å². The van der Waals surface area contributed by atoms with Crippen LogP contribution >= 0.6 is 11.6 Å². The molecule has 29 heavy (non-hydrogen) atoms. The molecule has 2 aliphatic rings. The average Bonchev–Trinajstić information content (AvgIpc) is 3.28. The zero-order chi connectivity index (χ0) is 20.0. The second-order valence-electron chi connectivity index (χ2n) is 7.44. The molecule has 0 bridgehead atoms. The summed E-state index contributed by atoms with van der Waals surface area (Å²) in [5.41, 5.74) is 2.10. The Morgan fingerprint density at radius 2 is 1.83 bits per heavy atom. The van der Waals surface area contributed by atoms with Crippen molar-refractivity contribution in [1.82, 2.24) is 9.80 Å². The van der Waals surface area contributed by atoms with E-state index >= 15 is 0 Å². The fourth-order valence-corrected chi connectivity index (χ4v) is 4.73. The predicted octanol–water partition coefficient (Wildman–Crippen LogP) is 4.33. The molecule has 146 valence electrons. The van der Waals surface area contributed by atoms with Crippen molar-refractivity contribution in [2.45, 2.75) is 18.5 Å². The highest BCUT2D eigenvalue weighted by Gasteiger charge is 2.53. The molecule has 3 heterocycles. The summed E-state index contributed by atoms with van der Waals surface area (Å²) in [6.07, 6.45) is 4.19. The van der Waals surface area contributed by atoms with E-state index in [4.69, 9.17) is 16.0 Å². The molecule has 0 saturated carbocycles. The van der Waals surface area contributed by atoms with E-state index < -0.39 is 5.66 Å². The summed E-state index contributed by atoms with van der Waals surface area (Å²) in [6, 6.07) is 16.8. The Morgan fingerprint density at radius 1 is 1.03 bits per heavy atom. The van der Waals surface area contributed by atoms with Gasteiger partial charge in [0, 0.05) is 30.1 Å². The molecule has 1 aromatic heterocycles. The number of rotatable bonds is 2. The standard InChI is InChI=1S/C23H19ClN2O3/c24-19-8-6-18(7-9-19)23-14-16-4-1-2-5-20(16)22(28)26(23)12-3-11-25(23)21(27)17-10-13-29-15-17/h1-2,4-10,13,15H,3,11-12,14H2. The number of hydrogen-bond donors (Lipinski definition) is 0. The smallest absolute Gasteiger partial charge is 0.259 e. The SMILES string of the molecule is O=C(c1ccoc1)N1CCCN2C(=O)c3ccccc3CC12c1ccc(Cl)cc1. The lowest BCUT2D eigenvalue weighted by molar-refractivity contribution is -0.0621. The number of carbonyl (C=O) groups is 2. The van der Waals surface area contributed by atoms with Crippen molar-refractivity contribution in [1.29, 1.82) is 0 Å². The molecule has 2 aromatic carbocycles. The van der Waals surface area contributed by atoms with Crippen LogP contribution < -0.4 is 0 Å². The first-order chi connectivity index (χ1) is 14.1. The Balaban J connectivity index is 1.73. The Morgan fingerprint density at radius 3 is 2.59 bits per heavy atom. The van der Waals surface area contributed by atoms with Gasteiger partial charge >= 0.3 is 0 Å². The van der Waals surface area contributed by atoms with Crippen LogP contribution in [0.25, 0.3) is 0 Å². The number of nitrogens with zero attached hydrogens (tertiary/aromatic N) is 2. The van der Waals surface area contributed by atoms with Crippen LogP contribution in [-0.4, -0.2) is 34.7 Å². The molecule has 2 aliphatic heterocycles. The van der Waals surface area contributed by atoms with Crippen molar-refractivity contribution < 1.29 is 14.0 Å². The second-order valence-corrected chi connectivity index (χ2v) is 7.87. The molecule has 3 aromatic rings. The zero-order valence-corrected chi connectivity index (χ0v) is 16.4. The highest BCUT2D eigenvalue weighted by molar-refractivity contribution is 6.30. The topological polar surface area (TPSA) is 53.8 Å². The van der Waals surface area contributed by atoms with Gasteiger partial charge in [-0.3, -0.25) is 9.59 Å². The molecule has 1 atom stereocenters. The third kappa shape index (κ3) is 2.69. The molecule has 6 heteroatoms. The molecule has 2 amide bonds. The number of carbonyl (C=O) groups excluding carboxylic acids is 2. The van der Waals surface area contributed by atoms with E-state index in [1.165, 1.54) is 12.5 Å². The molecular formula is C23H19ClN2O3. The van der Waals surface area contributed by atoms with Crippen molar-refractivity contribution in [2.75, 3.05) is 13.1 Å². The summed E-state index contributed by atoms with van der Waals surface area (Å²) in [5, 5.41) is 0.614. The maximum atomic E-state index is 13.5. The first-order valence-corrected chi connectivity index (χ1v) is 9.99. The molecule has 0 aliphatic carbocycles. The molecule has 0 spiro atoms. The van der Waals surface area contributed by atoms with E-state index in [2.05, 4.69) is 0 Å². The minimum absolute atomic E-state index is 0.0495. The number of hydrogen-bond acceptors (Lipinski definition) is 3. The molecule has 1 fully saturated rings. The summed E-state index contributed by atoms with van der Waals surface area (Å²) in [7, 11) is 0. The number of halogens is 1. The van der Waals surface area contributed by atoms with E-state index in [-0.39, 0.29) is 11.8 Å². The summed E-state index contributed by atoms with van der Waals surface area (Å²) in [4.78, 5) is 30.6. The van der Waals surface area contributed by atoms with Crippen molar-refractivity contribution in [2.24, 2.45) is 0 Å². The highest BCUT2D eigenvalue weighted by Crippen LogP contribution is 2.44. The minimum atomic E-state index is -0.900. The van der Waals surface area contributed by atoms with Crippen LogP contribution in [0, 0.1) is 0 Å². The monoisotopic (exact) mass is 406 g/mol. The van der Waals surface area contributed by atoms with Gasteiger partial charge in [-0.1, -0.05) is 41.9 Å². The maximum Gasteiger partial charge on any atom is 0.259 e. The molecule has 5 nitrogen and oxygen atoms in total. The zero-order valence-electron chi connectivity index (χ0n) is 15.7. The van der Waals surface area contributed by atoms with Crippen LogP contribution in [0.15, 0.2) is 71.5 Å². The quantitative estimate of drug-likeness (QED) is 0.636. The number of benzene rings is 2. The van der Waals surface area contributed by atoms with Crippen molar-refractivity contribution >= 4 is 23.4 Å². The summed E-state index contributed by atoms with van der Waals surface area (Å²) >= 11 is 6.14. The molecular weight excluding hydrogens is 388 g/mol. The summed E-state index contributed by atoms with van der Waals surface area (Å²) in [6.45, 7) is 1.14. The molecule has 5 rings (SSSR count). The van der Waals surface area contributed by atoms with Crippen LogP contribution in [0.1, 0.15) is 38.3 Å². The minimum Gasteiger partial charge on any atom is -0.472 e. The van der Waals surface area contributed by atoms with E-state index in [1.54, 1.807) is 6.07 Å².